The van der Waals surface area contributed by atoms with Crippen LogP contribution in [0.5, 0.6) is 0 Å². The molecule has 19 heavy (non-hydrogen) atoms. The first-order chi connectivity index (χ1) is 9.19. The molecule has 100 valence electrons. The Labute approximate surface area is 112 Å². The Morgan fingerprint density at radius 3 is 2.74 bits per heavy atom. The molecule has 0 spiro atoms. The molecule has 0 aliphatic heterocycles. The quantitative estimate of drug-likeness (QED) is 0.837. The van der Waals surface area contributed by atoms with E-state index >= 15 is 0 Å². The van der Waals surface area contributed by atoms with E-state index in [1.165, 1.54) is 6.92 Å². The molecule has 0 bridgehead atoms. The smallest absolute Gasteiger partial charge is 0.221 e. The number of hydrogen-bond acceptors (Lipinski definition) is 2. The number of aldehydes is 1. The van der Waals surface area contributed by atoms with Gasteiger partial charge < -0.3 is 9.88 Å². The molecule has 0 saturated carbocycles. The summed E-state index contributed by atoms with van der Waals surface area (Å²) >= 11 is 0. The van der Waals surface area contributed by atoms with E-state index in [1.807, 2.05) is 28.8 Å². The highest BCUT2D eigenvalue weighted by atomic mass is 16.1. The molecule has 2 aromatic rings. The van der Waals surface area contributed by atoms with Crippen LogP contribution in [0.4, 0.5) is 5.69 Å². The van der Waals surface area contributed by atoms with E-state index in [1.54, 1.807) is 0 Å². The Balaban J connectivity index is 2.64. The topological polar surface area (TPSA) is 51.1 Å². The van der Waals surface area contributed by atoms with Crippen LogP contribution in [0.1, 0.15) is 37.2 Å². The van der Waals surface area contributed by atoms with Crippen molar-refractivity contribution in [3.63, 3.8) is 0 Å². The molecule has 0 fully saturated rings. The van der Waals surface area contributed by atoms with Crippen molar-refractivity contribution in [1.82, 2.24) is 4.57 Å². The number of rotatable bonds is 5. The molecule has 1 N–H and O–H groups in total. The third-order valence-corrected chi connectivity index (χ3v) is 3.16. The third-order valence-electron chi connectivity index (χ3n) is 3.16. The van der Waals surface area contributed by atoms with Crippen LogP contribution in [0.15, 0.2) is 24.3 Å². The zero-order valence-corrected chi connectivity index (χ0v) is 11.3. The van der Waals surface area contributed by atoms with Crippen LogP contribution in [0.25, 0.3) is 10.9 Å². The fourth-order valence-corrected chi connectivity index (χ4v) is 2.31. The molecule has 0 unspecified atom stereocenters. The number of carbonyl (C=O) groups excluding carboxylic acids is 2. The number of amides is 1. The summed E-state index contributed by atoms with van der Waals surface area (Å²) in [6.07, 6.45) is 2.88. The normalized spacial score (nSPS) is 10.6. The van der Waals surface area contributed by atoms with Gasteiger partial charge in [-0.05, 0) is 12.5 Å². The molecule has 1 amide bonds. The maximum atomic E-state index is 11.4. The maximum absolute atomic E-state index is 11.4. The fraction of sp³-hybridized carbons (Fsp3) is 0.333. The first-order valence-electron chi connectivity index (χ1n) is 6.53. The number of anilines is 1. The number of para-hydroxylation sites is 1. The average molecular weight is 258 g/mol. The number of nitrogens with one attached hydrogen (secondary N) is 1. The molecule has 1 heterocycles. The number of nitrogens with zero attached hydrogens (tertiary/aromatic N) is 1. The standard InChI is InChI=1S/C15H18N2O2/c1-3-4-9-17-13-8-6-5-7-12(13)15(14(17)10-18)16-11(2)19/h5-8,10H,3-4,9H2,1-2H3,(H,16,19). The lowest BCUT2D eigenvalue weighted by Crippen LogP contribution is -2.09. The number of aromatic nitrogens is 1. The highest BCUT2D eigenvalue weighted by molar-refractivity contribution is 6.08. The number of benzene rings is 1. The molecule has 0 atom stereocenters. The zero-order valence-electron chi connectivity index (χ0n) is 11.3. The Bertz CT molecular complexity index is 614. The predicted molar refractivity (Wildman–Crippen MR) is 76.5 cm³/mol. The average Bonchev–Trinajstić information content (AvgIpc) is 2.69. The van der Waals surface area contributed by atoms with Crippen LogP contribution in [-0.2, 0) is 11.3 Å². The summed E-state index contributed by atoms with van der Waals surface area (Å²) in [6, 6.07) is 7.75. The summed E-state index contributed by atoms with van der Waals surface area (Å²) in [7, 11) is 0. The van der Waals surface area contributed by atoms with Gasteiger partial charge in [-0.15, -0.1) is 0 Å². The SMILES string of the molecule is CCCCn1c(C=O)c(NC(C)=O)c2ccccc21. The van der Waals surface area contributed by atoms with Gasteiger partial charge >= 0.3 is 0 Å². The summed E-state index contributed by atoms with van der Waals surface area (Å²) in [5.41, 5.74) is 2.15. The van der Waals surface area contributed by atoms with E-state index < -0.39 is 0 Å². The van der Waals surface area contributed by atoms with Crippen LogP contribution in [-0.4, -0.2) is 16.8 Å². The van der Waals surface area contributed by atoms with E-state index in [4.69, 9.17) is 0 Å². The Morgan fingerprint density at radius 1 is 1.37 bits per heavy atom. The molecule has 0 aliphatic carbocycles. The molecule has 1 aromatic heterocycles. The van der Waals surface area contributed by atoms with E-state index in [2.05, 4.69) is 12.2 Å². The molecule has 0 saturated heterocycles. The van der Waals surface area contributed by atoms with E-state index in [9.17, 15) is 9.59 Å². The minimum absolute atomic E-state index is 0.165. The molecule has 0 radical (unpaired) electrons. The van der Waals surface area contributed by atoms with Crippen LogP contribution in [0.2, 0.25) is 0 Å². The number of fused-ring (bicyclic) bond motifs is 1. The molecular weight excluding hydrogens is 240 g/mol. The van der Waals surface area contributed by atoms with Crippen molar-refractivity contribution in [3.8, 4) is 0 Å². The second-order valence-corrected chi connectivity index (χ2v) is 4.58. The highest BCUT2D eigenvalue weighted by Crippen LogP contribution is 2.30. The van der Waals surface area contributed by atoms with Gasteiger partial charge in [-0.2, -0.15) is 0 Å². The van der Waals surface area contributed by atoms with Crippen molar-refractivity contribution in [3.05, 3.63) is 30.0 Å². The van der Waals surface area contributed by atoms with Gasteiger partial charge in [0.1, 0.15) is 5.69 Å². The van der Waals surface area contributed by atoms with E-state index in [0.29, 0.717) is 11.4 Å². The molecule has 4 heteroatoms. The fourth-order valence-electron chi connectivity index (χ4n) is 2.31. The third kappa shape index (κ3) is 2.52. The Kier molecular flexibility index (Phi) is 4.00. The number of hydrogen-bond donors (Lipinski definition) is 1. The van der Waals surface area contributed by atoms with Crippen molar-refractivity contribution in [2.24, 2.45) is 0 Å². The van der Waals surface area contributed by atoms with Crippen LogP contribution in [0.3, 0.4) is 0 Å². The lowest BCUT2D eigenvalue weighted by molar-refractivity contribution is -0.114. The van der Waals surface area contributed by atoms with Crippen LogP contribution < -0.4 is 5.32 Å². The second-order valence-electron chi connectivity index (χ2n) is 4.58. The number of unbranched alkanes of at least 4 members (excludes halogenated alkanes) is 1. The summed E-state index contributed by atoms with van der Waals surface area (Å²) in [5, 5.41) is 3.69. The van der Waals surface area contributed by atoms with Crippen molar-refractivity contribution in [2.45, 2.75) is 33.2 Å². The second kappa shape index (κ2) is 5.69. The summed E-state index contributed by atoms with van der Waals surface area (Å²) in [5.74, 6) is -0.165. The minimum Gasteiger partial charge on any atom is -0.337 e. The van der Waals surface area contributed by atoms with Crippen LogP contribution in [0, 0.1) is 0 Å². The van der Waals surface area contributed by atoms with Gasteiger partial charge in [0.15, 0.2) is 6.29 Å². The largest absolute Gasteiger partial charge is 0.337 e. The molecule has 1 aromatic carbocycles. The zero-order chi connectivity index (χ0) is 13.8. The van der Waals surface area contributed by atoms with E-state index in [0.717, 1.165) is 36.6 Å². The summed E-state index contributed by atoms with van der Waals surface area (Å²) in [4.78, 5) is 22.7. The Morgan fingerprint density at radius 2 is 2.11 bits per heavy atom. The van der Waals surface area contributed by atoms with Gasteiger partial charge in [-0.1, -0.05) is 31.5 Å². The summed E-state index contributed by atoms with van der Waals surface area (Å²) < 4.78 is 1.98. The molecular formula is C15H18N2O2. The van der Waals surface area contributed by atoms with Gasteiger partial charge in [-0.25, -0.2) is 0 Å². The van der Waals surface area contributed by atoms with Crippen molar-refractivity contribution >= 4 is 28.8 Å². The molecule has 2 rings (SSSR count). The maximum Gasteiger partial charge on any atom is 0.221 e. The van der Waals surface area contributed by atoms with E-state index in [-0.39, 0.29) is 5.91 Å². The van der Waals surface area contributed by atoms with Gasteiger partial charge in [-0.3, -0.25) is 9.59 Å². The van der Waals surface area contributed by atoms with Gasteiger partial charge in [0, 0.05) is 18.9 Å². The molecule has 4 nitrogen and oxygen atoms in total. The monoisotopic (exact) mass is 258 g/mol. The van der Waals surface area contributed by atoms with Crippen LogP contribution >= 0.6 is 0 Å². The summed E-state index contributed by atoms with van der Waals surface area (Å²) in [6.45, 7) is 4.35. The van der Waals surface area contributed by atoms with Gasteiger partial charge in [0.25, 0.3) is 0 Å². The minimum atomic E-state index is -0.165. The Hall–Kier alpha value is -2.10. The van der Waals surface area contributed by atoms with Gasteiger partial charge in [0.05, 0.1) is 11.2 Å². The van der Waals surface area contributed by atoms with Crippen molar-refractivity contribution in [1.29, 1.82) is 0 Å². The predicted octanol–water partition coefficient (Wildman–Crippen LogP) is 3.21. The lowest BCUT2D eigenvalue weighted by atomic mass is 10.2. The highest BCUT2D eigenvalue weighted by Gasteiger charge is 2.16. The number of aryl methyl sites for hydroxylation is 1. The first-order valence-corrected chi connectivity index (χ1v) is 6.53. The van der Waals surface area contributed by atoms with Crippen molar-refractivity contribution < 1.29 is 9.59 Å². The van der Waals surface area contributed by atoms with Gasteiger partial charge in [0.2, 0.25) is 5.91 Å². The first kappa shape index (κ1) is 13.3. The lowest BCUT2D eigenvalue weighted by Gasteiger charge is -2.06. The molecule has 0 aliphatic rings. The number of carbonyl (C=O) groups is 2. The van der Waals surface area contributed by atoms with Crippen molar-refractivity contribution in [2.75, 3.05) is 5.32 Å².